The lowest BCUT2D eigenvalue weighted by atomic mass is 9.74. The third-order valence-electron chi connectivity index (χ3n) is 7.63. The molecule has 2 aromatic carbocycles. The highest BCUT2D eigenvalue weighted by Gasteiger charge is 2.45. The van der Waals surface area contributed by atoms with E-state index in [0.29, 0.717) is 31.7 Å². The third kappa shape index (κ3) is 4.44. The van der Waals surface area contributed by atoms with Crippen molar-refractivity contribution in [3.63, 3.8) is 0 Å². The molecule has 0 saturated carbocycles. The fourth-order valence-electron chi connectivity index (χ4n) is 5.87. The molecule has 0 bridgehead atoms. The van der Waals surface area contributed by atoms with Gasteiger partial charge in [0.1, 0.15) is 0 Å². The number of nitrogens with zero attached hydrogens (tertiary/aromatic N) is 1. The van der Waals surface area contributed by atoms with E-state index in [-0.39, 0.29) is 18.4 Å². The number of carboxylic acid groups (broad SMARTS) is 1. The SMILES string of the molecule is CCC(C1Cc2ccccc2C1)[C@@H](N)C(=O)N1CCCC(Cc2ccccc2)(C(=O)O)C1. The van der Waals surface area contributed by atoms with Crippen molar-refractivity contribution >= 4 is 11.9 Å². The number of aliphatic carboxylic acids is 1. The monoisotopic (exact) mass is 434 g/mol. The van der Waals surface area contributed by atoms with Crippen LogP contribution >= 0.6 is 0 Å². The molecule has 0 spiro atoms. The molecule has 1 saturated heterocycles. The van der Waals surface area contributed by atoms with Gasteiger partial charge >= 0.3 is 5.97 Å². The fraction of sp³-hybridized carbons (Fsp3) is 0.481. The fourth-order valence-corrected chi connectivity index (χ4v) is 5.87. The van der Waals surface area contributed by atoms with Gasteiger partial charge in [-0.15, -0.1) is 0 Å². The normalized spacial score (nSPS) is 22.9. The molecule has 0 aromatic heterocycles. The van der Waals surface area contributed by atoms with Crippen LogP contribution in [0.4, 0.5) is 0 Å². The number of likely N-dealkylation sites (tertiary alicyclic amines) is 1. The number of benzene rings is 2. The molecule has 1 aliphatic heterocycles. The second-order valence-electron chi connectivity index (χ2n) is 9.65. The van der Waals surface area contributed by atoms with Crippen LogP contribution in [-0.4, -0.2) is 41.0 Å². The summed E-state index contributed by atoms with van der Waals surface area (Å²) >= 11 is 0. The molecule has 2 aliphatic rings. The van der Waals surface area contributed by atoms with Gasteiger partial charge in [0.15, 0.2) is 0 Å². The number of hydrogen-bond donors (Lipinski definition) is 2. The van der Waals surface area contributed by atoms with Crippen molar-refractivity contribution in [1.82, 2.24) is 4.90 Å². The smallest absolute Gasteiger partial charge is 0.311 e. The van der Waals surface area contributed by atoms with Gasteiger partial charge in [0.2, 0.25) is 5.91 Å². The topological polar surface area (TPSA) is 83.6 Å². The van der Waals surface area contributed by atoms with Crippen molar-refractivity contribution in [3.8, 4) is 0 Å². The van der Waals surface area contributed by atoms with E-state index in [2.05, 4.69) is 31.2 Å². The Morgan fingerprint density at radius 3 is 2.31 bits per heavy atom. The van der Waals surface area contributed by atoms with Crippen LogP contribution in [0.5, 0.6) is 0 Å². The third-order valence-corrected chi connectivity index (χ3v) is 7.63. The van der Waals surface area contributed by atoms with Crippen LogP contribution in [0.3, 0.4) is 0 Å². The van der Waals surface area contributed by atoms with Gasteiger partial charge in [0.25, 0.3) is 0 Å². The lowest BCUT2D eigenvalue weighted by Crippen LogP contribution is -2.56. The van der Waals surface area contributed by atoms with Crippen LogP contribution in [-0.2, 0) is 28.9 Å². The zero-order chi connectivity index (χ0) is 22.7. The molecule has 170 valence electrons. The molecule has 3 atom stereocenters. The average molecular weight is 435 g/mol. The summed E-state index contributed by atoms with van der Waals surface area (Å²) in [6.45, 7) is 2.91. The van der Waals surface area contributed by atoms with E-state index in [9.17, 15) is 14.7 Å². The summed E-state index contributed by atoms with van der Waals surface area (Å²) in [4.78, 5) is 27.6. The molecule has 2 aromatic rings. The molecule has 1 fully saturated rings. The van der Waals surface area contributed by atoms with Crippen molar-refractivity contribution in [3.05, 3.63) is 71.3 Å². The van der Waals surface area contributed by atoms with Gasteiger partial charge in [-0.1, -0.05) is 67.9 Å². The van der Waals surface area contributed by atoms with Gasteiger partial charge in [-0.2, -0.15) is 0 Å². The van der Waals surface area contributed by atoms with Gasteiger partial charge in [-0.3, -0.25) is 9.59 Å². The van der Waals surface area contributed by atoms with Gasteiger partial charge in [-0.05, 0) is 60.6 Å². The van der Waals surface area contributed by atoms with Gasteiger partial charge < -0.3 is 15.7 Å². The van der Waals surface area contributed by atoms with E-state index in [0.717, 1.165) is 24.8 Å². The van der Waals surface area contributed by atoms with Crippen LogP contribution in [0.2, 0.25) is 0 Å². The Labute approximate surface area is 190 Å². The average Bonchev–Trinajstić information content (AvgIpc) is 3.23. The number of hydrogen-bond acceptors (Lipinski definition) is 3. The minimum Gasteiger partial charge on any atom is -0.481 e. The van der Waals surface area contributed by atoms with E-state index >= 15 is 0 Å². The van der Waals surface area contributed by atoms with E-state index in [1.165, 1.54) is 11.1 Å². The predicted molar refractivity (Wildman–Crippen MR) is 125 cm³/mol. The zero-order valence-corrected chi connectivity index (χ0v) is 18.9. The Morgan fingerprint density at radius 1 is 1.09 bits per heavy atom. The Morgan fingerprint density at radius 2 is 1.72 bits per heavy atom. The second kappa shape index (κ2) is 9.45. The van der Waals surface area contributed by atoms with Gasteiger partial charge in [0, 0.05) is 13.1 Å². The summed E-state index contributed by atoms with van der Waals surface area (Å²) in [5.74, 6) is -0.475. The predicted octanol–water partition coefficient (Wildman–Crippen LogP) is 3.69. The maximum Gasteiger partial charge on any atom is 0.311 e. The molecule has 2 unspecified atom stereocenters. The molecule has 1 heterocycles. The van der Waals surface area contributed by atoms with Crippen LogP contribution in [0.1, 0.15) is 42.9 Å². The van der Waals surface area contributed by atoms with E-state index in [1.807, 2.05) is 30.3 Å². The van der Waals surface area contributed by atoms with Gasteiger partial charge in [-0.25, -0.2) is 0 Å². The molecule has 3 N–H and O–H groups in total. The summed E-state index contributed by atoms with van der Waals surface area (Å²) in [6.07, 6.45) is 4.45. The summed E-state index contributed by atoms with van der Waals surface area (Å²) in [6, 6.07) is 17.6. The van der Waals surface area contributed by atoms with Crippen molar-refractivity contribution in [2.45, 2.75) is 51.5 Å². The van der Waals surface area contributed by atoms with E-state index in [4.69, 9.17) is 5.73 Å². The molecule has 1 amide bonds. The highest BCUT2D eigenvalue weighted by atomic mass is 16.4. The summed E-state index contributed by atoms with van der Waals surface area (Å²) in [5.41, 5.74) is 9.35. The number of piperidine rings is 1. The number of amides is 1. The zero-order valence-electron chi connectivity index (χ0n) is 18.9. The molecular formula is C27H34N2O3. The standard InChI is InChI=1S/C27H34N2O3/c1-2-23(22-15-20-11-6-7-12-21(20)16-22)24(28)25(30)29-14-8-13-27(18-29,26(31)32)17-19-9-4-3-5-10-19/h3-7,9-12,22-24H,2,8,13-18,28H2,1H3,(H,31,32)/t23?,24-,27?/m1/s1. The minimum absolute atomic E-state index is 0.0881. The number of rotatable bonds is 7. The lowest BCUT2D eigenvalue weighted by molar-refractivity contribution is -0.155. The van der Waals surface area contributed by atoms with Crippen molar-refractivity contribution < 1.29 is 14.7 Å². The lowest BCUT2D eigenvalue weighted by Gasteiger charge is -2.42. The van der Waals surface area contributed by atoms with Crippen LogP contribution in [0, 0.1) is 17.3 Å². The molecule has 0 radical (unpaired) electrons. The molecule has 5 heteroatoms. The maximum absolute atomic E-state index is 13.5. The van der Waals surface area contributed by atoms with E-state index in [1.54, 1.807) is 4.90 Å². The largest absolute Gasteiger partial charge is 0.481 e. The van der Waals surface area contributed by atoms with Crippen molar-refractivity contribution in [2.24, 2.45) is 23.0 Å². The first-order chi connectivity index (χ1) is 15.4. The number of carbonyl (C=O) groups is 2. The first kappa shape index (κ1) is 22.5. The van der Waals surface area contributed by atoms with Gasteiger partial charge in [0.05, 0.1) is 11.5 Å². The molecule has 4 rings (SSSR count). The Balaban J connectivity index is 1.48. The first-order valence-corrected chi connectivity index (χ1v) is 11.8. The van der Waals surface area contributed by atoms with E-state index < -0.39 is 17.4 Å². The summed E-state index contributed by atoms with van der Waals surface area (Å²) in [7, 11) is 0. The summed E-state index contributed by atoms with van der Waals surface area (Å²) < 4.78 is 0. The molecular weight excluding hydrogens is 400 g/mol. The second-order valence-corrected chi connectivity index (χ2v) is 9.65. The maximum atomic E-state index is 13.5. The highest BCUT2D eigenvalue weighted by molar-refractivity contribution is 5.84. The molecule has 5 nitrogen and oxygen atoms in total. The minimum atomic E-state index is -0.958. The van der Waals surface area contributed by atoms with Crippen LogP contribution in [0.25, 0.3) is 0 Å². The van der Waals surface area contributed by atoms with Crippen LogP contribution < -0.4 is 5.73 Å². The Hall–Kier alpha value is -2.66. The Kier molecular flexibility index (Phi) is 6.66. The van der Waals surface area contributed by atoms with Crippen LogP contribution in [0.15, 0.2) is 54.6 Å². The Bertz CT molecular complexity index is 935. The number of nitrogens with two attached hydrogens (primary N) is 1. The molecule has 1 aliphatic carbocycles. The van der Waals surface area contributed by atoms with Crippen molar-refractivity contribution in [1.29, 1.82) is 0 Å². The number of fused-ring (bicyclic) bond motifs is 1. The summed E-state index contributed by atoms with van der Waals surface area (Å²) in [5, 5.41) is 10.1. The quantitative estimate of drug-likeness (QED) is 0.696. The first-order valence-electron chi connectivity index (χ1n) is 11.8. The molecule has 32 heavy (non-hydrogen) atoms. The van der Waals surface area contributed by atoms with Crippen molar-refractivity contribution in [2.75, 3.05) is 13.1 Å². The number of carbonyl (C=O) groups excluding carboxylic acids is 1. The number of carboxylic acids is 1. The highest BCUT2D eigenvalue weighted by Crippen LogP contribution is 2.37.